The average Bonchev–Trinajstić information content (AvgIpc) is 2.45. The molecule has 2 heteroatoms. The van der Waals surface area contributed by atoms with E-state index in [-0.39, 0.29) is 6.10 Å². The van der Waals surface area contributed by atoms with Gasteiger partial charge < -0.3 is 10.5 Å². The Hall–Kier alpha value is -1.38. The maximum absolute atomic E-state index is 5.96. The lowest BCUT2D eigenvalue weighted by molar-refractivity contribution is 0.0849. The molecule has 0 saturated heterocycles. The zero-order valence-electron chi connectivity index (χ0n) is 10.7. The summed E-state index contributed by atoms with van der Waals surface area (Å²) in [6, 6.07) is 13.0. The first-order valence-electron chi connectivity index (χ1n) is 6.59. The van der Waals surface area contributed by atoms with Gasteiger partial charge in [-0.25, -0.2) is 0 Å². The third-order valence-corrected chi connectivity index (χ3v) is 4.11. The molecule has 0 amide bonds. The number of methoxy groups -OCH3 is 1. The van der Waals surface area contributed by atoms with Gasteiger partial charge in [-0.1, -0.05) is 36.4 Å². The Morgan fingerprint density at radius 1 is 1.17 bits per heavy atom. The summed E-state index contributed by atoms with van der Waals surface area (Å²) in [5.41, 5.74) is 8.70. The van der Waals surface area contributed by atoms with Gasteiger partial charge in [0.25, 0.3) is 0 Å². The second-order valence-corrected chi connectivity index (χ2v) is 5.02. The summed E-state index contributed by atoms with van der Waals surface area (Å²) in [4.78, 5) is 0. The molecule has 94 valence electrons. The van der Waals surface area contributed by atoms with Crippen LogP contribution < -0.4 is 5.73 Å². The highest BCUT2D eigenvalue weighted by Gasteiger charge is 2.27. The molecule has 2 nitrogen and oxygen atoms in total. The minimum atomic E-state index is 0.229. The summed E-state index contributed by atoms with van der Waals surface area (Å²) in [5, 5.41) is 2.64. The molecule has 2 aromatic rings. The number of nitrogens with two attached hydrogens (primary N) is 1. The van der Waals surface area contributed by atoms with Crippen LogP contribution in [0.4, 0.5) is 0 Å². The maximum Gasteiger partial charge on any atom is 0.0824 e. The SMILES string of the molecule is COC1CCC(CN)c2c1ccc1ccccc21. The first-order valence-corrected chi connectivity index (χ1v) is 6.59. The Kier molecular flexibility index (Phi) is 3.06. The van der Waals surface area contributed by atoms with E-state index in [1.807, 2.05) is 0 Å². The van der Waals surface area contributed by atoms with Crippen molar-refractivity contribution in [3.05, 3.63) is 47.5 Å². The van der Waals surface area contributed by atoms with Crippen molar-refractivity contribution in [2.45, 2.75) is 24.9 Å². The van der Waals surface area contributed by atoms with E-state index in [0.717, 1.165) is 19.4 Å². The van der Waals surface area contributed by atoms with Crippen molar-refractivity contribution in [2.24, 2.45) is 5.73 Å². The Morgan fingerprint density at radius 3 is 2.78 bits per heavy atom. The monoisotopic (exact) mass is 241 g/mol. The molecule has 3 rings (SSSR count). The van der Waals surface area contributed by atoms with E-state index in [4.69, 9.17) is 10.5 Å². The summed E-state index contributed by atoms with van der Waals surface area (Å²) < 4.78 is 5.62. The zero-order chi connectivity index (χ0) is 12.5. The van der Waals surface area contributed by atoms with Crippen molar-refractivity contribution >= 4 is 10.8 Å². The smallest absolute Gasteiger partial charge is 0.0824 e. The highest BCUT2D eigenvalue weighted by Crippen LogP contribution is 2.42. The van der Waals surface area contributed by atoms with Crippen molar-refractivity contribution in [1.82, 2.24) is 0 Å². The second-order valence-electron chi connectivity index (χ2n) is 5.02. The van der Waals surface area contributed by atoms with Gasteiger partial charge in [-0.2, -0.15) is 0 Å². The van der Waals surface area contributed by atoms with Crippen molar-refractivity contribution in [3.63, 3.8) is 0 Å². The van der Waals surface area contributed by atoms with Gasteiger partial charge in [-0.3, -0.25) is 0 Å². The van der Waals surface area contributed by atoms with E-state index in [2.05, 4.69) is 36.4 Å². The summed E-state index contributed by atoms with van der Waals surface area (Å²) in [6.07, 6.45) is 2.42. The Bertz CT molecular complexity index is 564. The Labute approximate surface area is 108 Å². The van der Waals surface area contributed by atoms with E-state index >= 15 is 0 Å². The number of ether oxygens (including phenoxy) is 1. The molecule has 0 spiro atoms. The Morgan fingerprint density at radius 2 is 2.00 bits per heavy atom. The van der Waals surface area contributed by atoms with Crippen LogP contribution >= 0.6 is 0 Å². The number of benzene rings is 2. The van der Waals surface area contributed by atoms with Gasteiger partial charge in [0, 0.05) is 7.11 Å². The standard InChI is InChI=1S/C16H19NO/c1-18-15-9-7-12(10-17)16-13-5-3-2-4-11(13)6-8-14(15)16/h2-6,8,12,15H,7,9-10,17H2,1H3. The molecule has 0 heterocycles. The van der Waals surface area contributed by atoms with Crippen molar-refractivity contribution in [1.29, 1.82) is 0 Å². The second kappa shape index (κ2) is 4.71. The van der Waals surface area contributed by atoms with E-state index in [1.54, 1.807) is 7.11 Å². The van der Waals surface area contributed by atoms with E-state index in [1.165, 1.54) is 21.9 Å². The molecule has 0 aliphatic heterocycles. The van der Waals surface area contributed by atoms with Gasteiger partial charge in [-0.15, -0.1) is 0 Å². The normalized spacial score (nSPS) is 23.0. The highest BCUT2D eigenvalue weighted by atomic mass is 16.5. The fourth-order valence-corrected chi connectivity index (χ4v) is 3.18. The highest BCUT2D eigenvalue weighted by molar-refractivity contribution is 5.87. The van der Waals surface area contributed by atoms with E-state index in [9.17, 15) is 0 Å². The third kappa shape index (κ3) is 1.73. The van der Waals surface area contributed by atoms with Gasteiger partial charge in [0.05, 0.1) is 6.10 Å². The maximum atomic E-state index is 5.96. The van der Waals surface area contributed by atoms with Gasteiger partial charge in [0.1, 0.15) is 0 Å². The van der Waals surface area contributed by atoms with E-state index in [0.29, 0.717) is 5.92 Å². The molecule has 2 aromatic carbocycles. The third-order valence-electron chi connectivity index (χ3n) is 4.11. The van der Waals surface area contributed by atoms with Crippen LogP contribution in [0.5, 0.6) is 0 Å². The summed E-state index contributed by atoms with van der Waals surface area (Å²) >= 11 is 0. The van der Waals surface area contributed by atoms with Crippen LogP contribution in [-0.4, -0.2) is 13.7 Å². The molecule has 2 unspecified atom stereocenters. The van der Waals surface area contributed by atoms with Crippen molar-refractivity contribution in [2.75, 3.05) is 13.7 Å². The average molecular weight is 241 g/mol. The van der Waals surface area contributed by atoms with Crippen LogP contribution in [0.3, 0.4) is 0 Å². The minimum absolute atomic E-state index is 0.229. The van der Waals surface area contributed by atoms with E-state index < -0.39 is 0 Å². The molecule has 1 aliphatic carbocycles. The topological polar surface area (TPSA) is 35.2 Å². The summed E-state index contributed by atoms with van der Waals surface area (Å²) in [5.74, 6) is 0.470. The fraction of sp³-hybridized carbons (Fsp3) is 0.375. The molecule has 0 bridgehead atoms. The fourth-order valence-electron chi connectivity index (χ4n) is 3.18. The van der Waals surface area contributed by atoms with Gasteiger partial charge in [0.2, 0.25) is 0 Å². The van der Waals surface area contributed by atoms with Crippen LogP contribution in [0.1, 0.15) is 36.0 Å². The lowest BCUT2D eigenvalue weighted by Crippen LogP contribution is -2.22. The number of hydrogen-bond acceptors (Lipinski definition) is 2. The lowest BCUT2D eigenvalue weighted by Gasteiger charge is -2.31. The molecule has 0 fully saturated rings. The van der Waals surface area contributed by atoms with Gasteiger partial charge in [-0.05, 0) is 47.2 Å². The van der Waals surface area contributed by atoms with Crippen LogP contribution in [0.2, 0.25) is 0 Å². The van der Waals surface area contributed by atoms with Crippen LogP contribution in [-0.2, 0) is 4.74 Å². The Balaban J connectivity index is 2.27. The summed E-state index contributed by atoms with van der Waals surface area (Å²) in [7, 11) is 1.80. The molecule has 2 N–H and O–H groups in total. The van der Waals surface area contributed by atoms with Gasteiger partial charge >= 0.3 is 0 Å². The predicted octanol–water partition coefficient (Wildman–Crippen LogP) is 3.36. The largest absolute Gasteiger partial charge is 0.377 e. The zero-order valence-corrected chi connectivity index (χ0v) is 10.7. The van der Waals surface area contributed by atoms with Crippen LogP contribution in [0.15, 0.2) is 36.4 Å². The van der Waals surface area contributed by atoms with Crippen molar-refractivity contribution in [3.8, 4) is 0 Å². The number of hydrogen-bond donors (Lipinski definition) is 1. The minimum Gasteiger partial charge on any atom is -0.377 e. The lowest BCUT2D eigenvalue weighted by atomic mass is 9.78. The molecular weight excluding hydrogens is 222 g/mol. The predicted molar refractivity (Wildman–Crippen MR) is 74.7 cm³/mol. The molecular formula is C16H19NO. The quantitative estimate of drug-likeness (QED) is 0.875. The van der Waals surface area contributed by atoms with Gasteiger partial charge in [0.15, 0.2) is 0 Å². The van der Waals surface area contributed by atoms with Crippen LogP contribution in [0, 0.1) is 0 Å². The molecule has 0 saturated carbocycles. The number of rotatable bonds is 2. The molecule has 0 radical (unpaired) electrons. The van der Waals surface area contributed by atoms with Crippen molar-refractivity contribution < 1.29 is 4.74 Å². The first kappa shape index (κ1) is 11.7. The molecule has 18 heavy (non-hydrogen) atoms. The molecule has 0 aromatic heterocycles. The molecule has 1 aliphatic rings. The first-order chi connectivity index (χ1) is 8.85. The number of fused-ring (bicyclic) bond motifs is 3. The summed E-state index contributed by atoms with van der Waals surface area (Å²) in [6.45, 7) is 0.720. The van der Waals surface area contributed by atoms with Crippen LogP contribution in [0.25, 0.3) is 10.8 Å². The molecule has 2 atom stereocenters.